The smallest absolute Gasteiger partial charge is 0.415 e. The van der Waals surface area contributed by atoms with Gasteiger partial charge in [-0.15, -0.1) is 0 Å². The van der Waals surface area contributed by atoms with Crippen LogP contribution in [0.2, 0.25) is 0 Å². The number of pyridine rings is 2. The van der Waals surface area contributed by atoms with E-state index in [0.717, 1.165) is 41.9 Å². The van der Waals surface area contributed by atoms with E-state index in [0.29, 0.717) is 42.7 Å². The molecule has 0 radical (unpaired) electrons. The van der Waals surface area contributed by atoms with Crippen LogP contribution in [-0.4, -0.2) is 123 Å². The number of urea groups is 2. The molecule has 2 saturated heterocycles. The van der Waals surface area contributed by atoms with E-state index < -0.39 is 96.7 Å². The van der Waals surface area contributed by atoms with E-state index in [1.54, 1.807) is 57.8 Å². The first-order valence-electron chi connectivity index (χ1n) is 23.3. The van der Waals surface area contributed by atoms with Crippen LogP contribution in [0.5, 0.6) is 0 Å². The number of hydrogen-bond acceptors (Lipinski definition) is 15. The third-order valence-corrected chi connectivity index (χ3v) is 13.5. The molecular formula is C47H64N8O12. The Bertz CT molecular complexity index is 2170. The van der Waals surface area contributed by atoms with Gasteiger partial charge < -0.3 is 34.9 Å². The molecule has 2 unspecified atom stereocenters. The van der Waals surface area contributed by atoms with Crippen molar-refractivity contribution < 1.29 is 57.3 Å². The lowest BCUT2D eigenvalue weighted by atomic mass is 9.81. The molecule has 2 aliphatic carbocycles. The number of ether oxygens (including phenoxy) is 4. The van der Waals surface area contributed by atoms with Gasteiger partial charge in [-0.25, -0.2) is 43.7 Å². The molecule has 4 heterocycles. The number of carbonyl (C=O) groups excluding carboxylic acids is 8. The number of aromatic nitrogens is 2. The molecular weight excluding hydrogens is 869 g/mol. The summed E-state index contributed by atoms with van der Waals surface area (Å²) in [5.74, 6) is -4.83. The Morgan fingerprint density at radius 1 is 0.791 bits per heavy atom. The highest BCUT2D eigenvalue weighted by atomic mass is 16.7. The number of likely N-dealkylation sites (tertiary alicyclic amines) is 2. The quantitative estimate of drug-likeness (QED) is 0.0867. The molecule has 0 bridgehead atoms. The van der Waals surface area contributed by atoms with E-state index in [1.165, 1.54) is 18.5 Å². The first-order valence-corrected chi connectivity index (χ1v) is 23.3. The van der Waals surface area contributed by atoms with Crippen molar-refractivity contribution >= 4 is 59.5 Å². The zero-order valence-electron chi connectivity index (χ0n) is 39.1. The van der Waals surface area contributed by atoms with Crippen LogP contribution in [0, 0.1) is 29.6 Å². The molecule has 364 valence electrons. The molecule has 6 rings (SSSR count). The molecule has 2 saturated carbocycles. The summed E-state index contributed by atoms with van der Waals surface area (Å²) in [5, 5.41) is 5.31. The van der Waals surface area contributed by atoms with Gasteiger partial charge >= 0.3 is 36.1 Å². The molecule has 4 N–H and O–H groups in total. The van der Waals surface area contributed by atoms with Crippen LogP contribution in [0.3, 0.4) is 0 Å². The standard InChI is InChI=1S/C47H64N8O12/c1-7-64-43(59)38-34(21-30-17-19-50-37(23-30)52-46(62)66-25-65-42(58)26(2)3)40(56)54(38)45(61)51-27(4)32-14-11-15-33(24-32)67-44(60)39-35(20-29-16-18-49-36(48)22-29)41(57)55(39)47(63)53(6)28(5)31-12-9-8-10-13-31/h16-19,22-23,26-28,31-35,38-39H,7-15,20-21,24-25H2,1-6H3,(H2,48,49)(H,51,61)(H,50,52,62)/t27-,28-,32?,33?,34-,35-,38+,39+/m1/s1. The fourth-order valence-corrected chi connectivity index (χ4v) is 9.58. The van der Waals surface area contributed by atoms with Crippen LogP contribution in [0.25, 0.3) is 0 Å². The number of nitrogens with two attached hydrogens (primary N) is 1. The van der Waals surface area contributed by atoms with Gasteiger partial charge in [0, 0.05) is 31.5 Å². The Morgan fingerprint density at radius 2 is 1.42 bits per heavy atom. The molecule has 8 atom stereocenters. The van der Waals surface area contributed by atoms with E-state index in [1.807, 2.05) is 6.92 Å². The SMILES string of the molecule is CCOC(=O)[C@@H]1[C@@H](Cc2ccnc(NC(=O)OCOC(=O)C(C)C)c2)C(=O)N1C(=O)N[C@H](C)C1CCCC(OC(=O)[C@@H]2[C@@H](Cc3ccnc(N)c3)C(=O)N2C(=O)N(C)[C@H](C)C2CCCCC2)C1. The number of nitrogens with zero attached hydrogens (tertiary/aromatic N) is 5. The summed E-state index contributed by atoms with van der Waals surface area (Å²) in [4.78, 5) is 118. The molecule has 20 nitrogen and oxygen atoms in total. The number of imide groups is 2. The topological polar surface area (TPSA) is 259 Å². The molecule has 4 aliphatic rings. The molecule has 0 aromatic carbocycles. The average Bonchev–Trinajstić information content (AvgIpc) is 3.30. The zero-order valence-corrected chi connectivity index (χ0v) is 39.1. The maximum absolute atomic E-state index is 14.2. The lowest BCUT2D eigenvalue weighted by Gasteiger charge is -2.47. The minimum absolute atomic E-state index is 0.0124. The van der Waals surface area contributed by atoms with Gasteiger partial charge in [-0.3, -0.25) is 19.7 Å². The van der Waals surface area contributed by atoms with Gasteiger partial charge in [0.1, 0.15) is 17.7 Å². The van der Waals surface area contributed by atoms with Gasteiger partial charge in [0.15, 0.2) is 12.1 Å². The van der Waals surface area contributed by atoms with Crippen molar-refractivity contribution in [2.45, 2.75) is 136 Å². The van der Waals surface area contributed by atoms with Gasteiger partial charge in [0.05, 0.1) is 24.4 Å². The highest BCUT2D eigenvalue weighted by Crippen LogP contribution is 2.37. The molecule has 7 amide bonds. The van der Waals surface area contributed by atoms with Gasteiger partial charge in [-0.1, -0.05) is 33.1 Å². The Labute approximate surface area is 390 Å². The largest absolute Gasteiger partial charge is 0.464 e. The predicted octanol–water partition coefficient (Wildman–Crippen LogP) is 4.99. The van der Waals surface area contributed by atoms with E-state index in [9.17, 15) is 38.4 Å². The van der Waals surface area contributed by atoms with E-state index in [2.05, 4.69) is 20.6 Å². The molecule has 67 heavy (non-hydrogen) atoms. The van der Waals surface area contributed by atoms with Gasteiger partial charge in [0.25, 0.3) is 0 Å². The number of nitrogens with one attached hydrogen (secondary N) is 2. The first kappa shape index (κ1) is 50.1. The second-order valence-corrected chi connectivity index (χ2v) is 18.4. The van der Waals surface area contributed by atoms with Gasteiger partial charge in [-0.2, -0.15) is 0 Å². The van der Waals surface area contributed by atoms with Crippen molar-refractivity contribution in [2.75, 3.05) is 31.5 Å². The Morgan fingerprint density at radius 3 is 2.07 bits per heavy atom. The van der Waals surface area contributed by atoms with Crippen molar-refractivity contribution in [1.29, 1.82) is 0 Å². The first-order chi connectivity index (χ1) is 32.0. The number of amides is 7. The number of anilines is 2. The number of carbonyl (C=O) groups is 8. The Kier molecular flexibility index (Phi) is 16.8. The van der Waals surface area contributed by atoms with Crippen molar-refractivity contribution in [3.63, 3.8) is 0 Å². The summed E-state index contributed by atoms with van der Waals surface area (Å²) < 4.78 is 21.1. The van der Waals surface area contributed by atoms with Crippen LogP contribution in [-0.2, 0) is 55.8 Å². The normalized spacial score (nSPS) is 23.7. The van der Waals surface area contributed by atoms with Crippen LogP contribution in [0.4, 0.5) is 26.0 Å². The number of nitrogen functional groups attached to an aromatic ring is 1. The fourth-order valence-electron chi connectivity index (χ4n) is 9.58. The molecule has 20 heteroatoms. The maximum atomic E-state index is 14.2. The van der Waals surface area contributed by atoms with Gasteiger partial charge in [0.2, 0.25) is 18.6 Å². The summed E-state index contributed by atoms with van der Waals surface area (Å²) in [6.45, 7) is 8.06. The van der Waals surface area contributed by atoms with Crippen LogP contribution in [0.15, 0.2) is 36.7 Å². The van der Waals surface area contributed by atoms with Crippen LogP contribution in [0.1, 0.15) is 104 Å². The molecule has 0 spiro atoms. The molecule has 2 aromatic heterocycles. The molecule has 4 fully saturated rings. The minimum Gasteiger partial charge on any atom is -0.464 e. The molecule has 2 aromatic rings. The summed E-state index contributed by atoms with van der Waals surface area (Å²) in [6, 6.07) is 2.07. The fraction of sp³-hybridized carbons (Fsp3) is 0.617. The van der Waals surface area contributed by atoms with E-state index >= 15 is 0 Å². The number of rotatable bonds is 16. The molecule has 2 aliphatic heterocycles. The third-order valence-electron chi connectivity index (χ3n) is 13.5. The van der Waals surface area contributed by atoms with Crippen molar-refractivity contribution in [3.8, 4) is 0 Å². The number of hydrogen-bond donors (Lipinski definition) is 3. The van der Waals surface area contributed by atoms with Crippen LogP contribution >= 0.6 is 0 Å². The van der Waals surface area contributed by atoms with E-state index in [4.69, 9.17) is 24.7 Å². The summed E-state index contributed by atoms with van der Waals surface area (Å²) in [6.07, 6.45) is 9.09. The highest BCUT2D eigenvalue weighted by molar-refractivity contribution is 6.09. The highest BCUT2D eigenvalue weighted by Gasteiger charge is 2.57. The number of esters is 3. The summed E-state index contributed by atoms with van der Waals surface area (Å²) in [5.41, 5.74) is 7.14. The second-order valence-electron chi connectivity index (χ2n) is 18.4. The van der Waals surface area contributed by atoms with Crippen molar-refractivity contribution in [1.82, 2.24) is 30.0 Å². The summed E-state index contributed by atoms with van der Waals surface area (Å²) >= 11 is 0. The predicted molar refractivity (Wildman–Crippen MR) is 240 cm³/mol. The maximum Gasteiger partial charge on any atom is 0.415 e. The van der Waals surface area contributed by atoms with Crippen LogP contribution < -0.4 is 16.4 Å². The lowest BCUT2D eigenvalue weighted by molar-refractivity contribution is -0.175. The lowest BCUT2D eigenvalue weighted by Crippen LogP contribution is -2.70. The van der Waals surface area contributed by atoms with Crippen molar-refractivity contribution in [3.05, 3.63) is 47.8 Å². The Balaban J connectivity index is 1.07. The third kappa shape index (κ3) is 12.0. The number of β-lactam (4-membered cyclic amide) rings is 2. The minimum atomic E-state index is -1.23. The average molecular weight is 933 g/mol. The van der Waals surface area contributed by atoms with Gasteiger partial charge in [-0.05, 0) is 119 Å². The monoisotopic (exact) mass is 932 g/mol. The second kappa shape index (κ2) is 22.4. The van der Waals surface area contributed by atoms with Crippen molar-refractivity contribution in [2.24, 2.45) is 29.6 Å². The Hall–Kier alpha value is -6.34. The van der Waals surface area contributed by atoms with E-state index in [-0.39, 0.29) is 43.0 Å². The zero-order chi connectivity index (χ0) is 48.5. The summed E-state index contributed by atoms with van der Waals surface area (Å²) in [7, 11) is 1.67.